The summed E-state index contributed by atoms with van der Waals surface area (Å²) in [4.78, 5) is 14.1. The topological polar surface area (TPSA) is 38.8 Å². The monoisotopic (exact) mass is 249 g/mol. The maximum absolute atomic E-state index is 12.0. The van der Waals surface area contributed by atoms with Gasteiger partial charge < -0.3 is 9.47 Å². The molecule has 1 unspecified atom stereocenters. The van der Waals surface area contributed by atoms with E-state index in [0.717, 1.165) is 24.2 Å². The van der Waals surface area contributed by atoms with Gasteiger partial charge in [0.05, 0.1) is 14.2 Å². The van der Waals surface area contributed by atoms with Crippen LogP contribution in [-0.2, 0) is 9.53 Å². The molecule has 0 bridgehead atoms. The number of methoxy groups -OCH3 is 2. The number of nitrogens with zero attached hydrogens (tertiary/aromatic N) is 1. The number of benzene rings is 1. The van der Waals surface area contributed by atoms with Gasteiger partial charge in [-0.05, 0) is 37.6 Å². The molecule has 0 amide bonds. The number of hydrogen-bond acceptors (Lipinski definition) is 4. The molecule has 0 heterocycles. The summed E-state index contributed by atoms with van der Waals surface area (Å²) < 4.78 is 10.1. The van der Waals surface area contributed by atoms with Gasteiger partial charge in [-0.1, -0.05) is 12.1 Å². The van der Waals surface area contributed by atoms with E-state index in [1.807, 2.05) is 31.3 Å². The van der Waals surface area contributed by atoms with E-state index in [1.54, 1.807) is 7.11 Å². The van der Waals surface area contributed by atoms with Gasteiger partial charge in [0.15, 0.2) is 0 Å². The Morgan fingerprint density at radius 3 is 2.67 bits per heavy atom. The summed E-state index contributed by atoms with van der Waals surface area (Å²) in [6.07, 6.45) is 2.29. The third kappa shape index (κ3) is 2.64. The van der Waals surface area contributed by atoms with E-state index in [9.17, 15) is 4.79 Å². The van der Waals surface area contributed by atoms with E-state index < -0.39 is 0 Å². The van der Waals surface area contributed by atoms with Crippen molar-refractivity contribution in [2.75, 3.05) is 21.3 Å². The van der Waals surface area contributed by atoms with Crippen molar-refractivity contribution in [3.63, 3.8) is 0 Å². The molecule has 1 atom stereocenters. The average molecular weight is 249 g/mol. The lowest BCUT2D eigenvalue weighted by Gasteiger charge is -2.26. The molecule has 4 heteroatoms. The van der Waals surface area contributed by atoms with E-state index in [-0.39, 0.29) is 12.0 Å². The fourth-order valence-electron chi connectivity index (χ4n) is 2.15. The second-order valence-electron chi connectivity index (χ2n) is 4.60. The van der Waals surface area contributed by atoms with Gasteiger partial charge >= 0.3 is 5.97 Å². The van der Waals surface area contributed by atoms with E-state index >= 15 is 0 Å². The third-order valence-electron chi connectivity index (χ3n) is 3.36. The van der Waals surface area contributed by atoms with Crippen molar-refractivity contribution in [3.8, 4) is 5.75 Å². The molecule has 1 aliphatic rings. The Balaban J connectivity index is 2.28. The summed E-state index contributed by atoms with van der Waals surface area (Å²) in [7, 11) is 5.02. The zero-order valence-corrected chi connectivity index (χ0v) is 11.1. The van der Waals surface area contributed by atoms with Crippen molar-refractivity contribution in [3.05, 3.63) is 29.8 Å². The van der Waals surface area contributed by atoms with Crippen LogP contribution in [0.2, 0.25) is 0 Å². The molecule has 18 heavy (non-hydrogen) atoms. The van der Waals surface area contributed by atoms with E-state index in [4.69, 9.17) is 9.47 Å². The van der Waals surface area contributed by atoms with Crippen LogP contribution in [0.15, 0.2) is 24.3 Å². The quantitative estimate of drug-likeness (QED) is 0.748. The van der Waals surface area contributed by atoms with Crippen molar-refractivity contribution in [2.24, 2.45) is 0 Å². The predicted molar refractivity (Wildman–Crippen MR) is 68.5 cm³/mol. The van der Waals surface area contributed by atoms with Crippen molar-refractivity contribution in [1.82, 2.24) is 4.90 Å². The van der Waals surface area contributed by atoms with Crippen molar-refractivity contribution in [2.45, 2.75) is 24.9 Å². The first-order chi connectivity index (χ1) is 8.67. The van der Waals surface area contributed by atoms with Gasteiger partial charge in [-0.15, -0.1) is 0 Å². The highest BCUT2D eigenvalue weighted by Crippen LogP contribution is 2.34. The minimum Gasteiger partial charge on any atom is -0.497 e. The summed E-state index contributed by atoms with van der Waals surface area (Å²) in [5, 5.41) is 0. The molecule has 4 nitrogen and oxygen atoms in total. The van der Waals surface area contributed by atoms with Crippen LogP contribution in [-0.4, -0.2) is 38.2 Å². The molecule has 1 saturated carbocycles. The van der Waals surface area contributed by atoms with Gasteiger partial charge in [0.25, 0.3) is 0 Å². The lowest BCUT2D eigenvalue weighted by atomic mass is 10.1. The first-order valence-electron chi connectivity index (χ1n) is 6.11. The fourth-order valence-corrected chi connectivity index (χ4v) is 2.15. The zero-order valence-electron chi connectivity index (χ0n) is 11.1. The Morgan fingerprint density at radius 2 is 2.11 bits per heavy atom. The highest BCUT2D eigenvalue weighted by atomic mass is 16.5. The molecule has 2 rings (SSSR count). The Bertz CT molecular complexity index is 429. The van der Waals surface area contributed by atoms with Crippen LogP contribution in [0.1, 0.15) is 24.4 Å². The predicted octanol–water partition coefficient (Wildman–Crippen LogP) is 2.00. The van der Waals surface area contributed by atoms with E-state index in [0.29, 0.717) is 6.04 Å². The van der Waals surface area contributed by atoms with E-state index in [2.05, 4.69) is 4.90 Å². The smallest absolute Gasteiger partial charge is 0.327 e. The minimum absolute atomic E-state index is 0.224. The molecule has 1 aromatic rings. The molecule has 0 N–H and O–H groups in total. The Hall–Kier alpha value is -1.55. The number of ether oxygens (including phenoxy) is 2. The second kappa shape index (κ2) is 5.40. The molecule has 0 radical (unpaired) electrons. The highest BCUT2D eigenvalue weighted by molar-refractivity contribution is 5.77. The number of carbonyl (C=O) groups excluding carboxylic acids is 1. The molecule has 0 saturated heterocycles. The Kier molecular flexibility index (Phi) is 3.87. The number of rotatable bonds is 5. The first kappa shape index (κ1) is 12.9. The van der Waals surface area contributed by atoms with Crippen LogP contribution in [0, 0.1) is 0 Å². The lowest BCUT2D eigenvalue weighted by Crippen LogP contribution is -2.33. The Morgan fingerprint density at radius 1 is 1.39 bits per heavy atom. The van der Waals surface area contributed by atoms with Gasteiger partial charge in [-0.2, -0.15) is 0 Å². The minimum atomic E-state index is -0.349. The van der Waals surface area contributed by atoms with Crippen LogP contribution in [0.25, 0.3) is 0 Å². The Labute approximate surface area is 107 Å². The SMILES string of the molecule is COC(=O)C(c1cccc(OC)c1)N(C)C1CC1. The maximum atomic E-state index is 12.0. The van der Waals surface area contributed by atoms with Crippen LogP contribution >= 0.6 is 0 Å². The van der Waals surface area contributed by atoms with Crippen molar-refractivity contribution >= 4 is 5.97 Å². The molecular weight excluding hydrogens is 230 g/mol. The number of carbonyl (C=O) groups is 1. The summed E-state index contributed by atoms with van der Waals surface area (Å²) in [6, 6.07) is 7.72. The molecule has 98 valence electrons. The second-order valence-corrected chi connectivity index (χ2v) is 4.60. The zero-order chi connectivity index (χ0) is 13.1. The van der Waals surface area contributed by atoms with Crippen molar-refractivity contribution in [1.29, 1.82) is 0 Å². The highest BCUT2D eigenvalue weighted by Gasteiger charge is 2.36. The van der Waals surface area contributed by atoms with Crippen molar-refractivity contribution < 1.29 is 14.3 Å². The largest absolute Gasteiger partial charge is 0.497 e. The molecule has 1 aromatic carbocycles. The average Bonchev–Trinajstić information content (AvgIpc) is 3.23. The molecule has 0 aliphatic heterocycles. The summed E-state index contributed by atoms with van der Waals surface area (Å²) in [5.41, 5.74) is 0.913. The van der Waals surface area contributed by atoms with Gasteiger partial charge in [0.2, 0.25) is 0 Å². The van der Waals surface area contributed by atoms with E-state index in [1.165, 1.54) is 7.11 Å². The molecule has 0 aromatic heterocycles. The maximum Gasteiger partial charge on any atom is 0.327 e. The van der Waals surface area contributed by atoms with Gasteiger partial charge in [-0.25, -0.2) is 4.79 Å². The molecule has 1 aliphatic carbocycles. The number of esters is 1. The van der Waals surface area contributed by atoms with Gasteiger partial charge in [0.1, 0.15) is 11.8 Å². The molecule has 1 fully saturated rings. The number of likely N-dealkylation sites (N-methyl/N-ethyl adjacent to an activating group) is 1. The normalized spacial score (nSPS) is 16.4. The summed E-state index contributed by atoms with van der Waals surface area (Å²) in [5.74, 6) is 0.531. The third-order valence-corrected chi connectivity index (χ3v) is 3.36. The first-order valence-corrected chi connectivity index (χ1v) is 6.11. The van der Waals surface area contributed by atoms with Crippen LogP contribution < -0.4 is 4.74 Å². The van der Waals surface area contributed by atoms with Crippen LogP contribution in [0.5, 0.6) is 5.75 Å². The van der Waals surface area contributed by atoms with Crippen LogP contribution in [0.4, 0.5) is 0 Å². The molecular formula is C14H19NO3. The van der Waals surface area contributed by atoms with Crippen LogP contribution in [0.3, 0.4) is 0 Å². The van der Waals surface area contributed by atoms with Gasteiger partial charge in [-0.3, -0.25) is 4.90 Å². The fraction of sp³-hybridized carbons (Fsp3) is 0.500. The number of hydrogen-bond donors (Lipinski definition) is 0. The summed E-state index contributed by atoms with van der Waals surface area (Å²) in [6.45, 7) is 0. The molecule has 0 spiro atoms. The van der Waals surface area contributed by atoms with Gasteiger partial charge in [0, 0.05) is 6.04 Å². The summed E-state index contributed by atoms with van der Waals surface area (Å²) >= 11 is 0. The standard InChI is InChI=1S/C14H19NO3/c1-15(11-7-8-11)13(14(16)18-3)10-5-4-6-12(9-10)17-2/h4-6,9,11,13H,7-8H2,1-3H3. The lowest BCUT2D eigenvalue weighted by molar-refractivity contribution is -0.147.